The topological polar surface area (TPSA) is 140 Å². The number of carbonyl (C=O) groups excluding carboxylic acids is 4. The number of aromatic nitrogens is 4. The van der Waals surface area contributed by atoms with E-state index in [2.05, 4.69) is 48.1 Å². The SMILES string of the molecule is CN(C(=O)c1cc(N2CCC(CN3CCN(c4cccc(-c5cnc6ccc(N7CCCC7)nn56)n4)CC3)CC2)ccc1C=O)C1CCC(=O)NC1=O. The molecular formula is C39H46N10O4. The molecule has 4 aromatic rings. The summed E-state index contributed by atoms with van der Waals surface area (Å²) in [6.45, 7) is 8.61. The van der Waals surface area contributed by atoms with Crippen molar-refractivity contribution in [3.8, 4) is 11.4 Å². The number of anilines is 3. The van der Waals surface area contributed by atoms with Crippen molar-refractivity contribution < 1.29 is 19.2 Å². The van der Waals surface area contributed by atoms with Gasteiger partial charge in [-0.15, -0.1) is 5.10 Å². The molecule has 14 heteroatoms. The van der Waals surface area contributed by atoms with E-state index in [4.69, 9.17) is 10.1 Å². The first-order chi connectivity index (χ1) is 25.8. The highest BCUT2D eigenvalue weighted by Crippen LogP contribution is 2.29. The molecule has 8 rings (SSSR count). The molecule has 0 spiro atoms. The summed E-state index contributed by atoms with van der Waals surface area (Å²) in [5.41, 5.74) is 4.03. The number of nitrogens with one attached hydrogen (secondary N) is 1. The molecule has 4 fully saturated rings. The van der Waals surface area contributed by atoms with Gasteiger partial charge in [-0.25, -0.2) is 14.5 Å². The number of piperidine rings is 2. The van der Waals surface area contributed by atoms with Crippen molar-refractivity contribution >= 4 is 47.0 Å². The van der Waals surface area contributed by atoms with Crippen molar-refractivity contribution in [3.63, 3.8) is 0 Å². The number of carbonyl (C=O) groups is 4. The van der Waals surface area contributed by atoms with Crippen molar-refractivity contribution in [2.45, 2.75) is 44.6 Å². The largest absolute Gasteiger partial charge is 0.371 e. The third-order valence-electron chi connectivity index (χ3n) is 11.4. The highest BCUT2D eigenvalue weighted by Gasteiger charge is 2.34. The summed E-state index contributed by atoms with van der Waals surface area (Å²) in [5, 5.41) is 7.24. The zero-order chi connectivity index (χ0) is 36.5. The summed E-state index contributed by atoms with van der Waals surface area (Å²) >= 11 is 0. The van der Waals surface area contributed by atoms with E-state index >= 15 is 0 Å². The van der Waals surface area contributed by atoms with E-state index in [0.717, 1.165) is 106 Å². The lowest BCUT2D eigenvalue weighted by Crippen LogP contribution is -2.53. The number of rotatable bonds is 9. The normalized spacial score (nSPS) is 20.2. The number of pyridine rings is 1. The molecule has 7 heterocycles. The molecule has 4 aliphatic heterocycles. The van der Waals surface area contributed by atoms with Gasteiger partial charge in [0.2, 0.25) is 11.8 Å². The second-order valence-corrected chi connectivity index (χ2v) is 14.7. The van der Waals surface area contributed by atoms with Crippen LogP contribution in [-0.4, -0.2) is 125 Å². The van der Waals surface area contributed by atoms with E-state index in [1.165, 1.54) is 17.7 Å². The van der Waals surface area contributed by atoms with Gasteiger partial charge in [-0.3, -0.25) is 29.4 Å². The number of hydrogen-bond acceptors (Lipinski definition) is 11. The Morgan fingerprint density at radius 3 is 2.42 bits per heavy atom. The summed E-state index contributed by atoms with van der Waals surface area (Å²) in [4.78, 5) is 70.0. The summed E-state index contributed by atoms with van der Waals surface area (Å²) in [6.07, 6.45) is 7.45. The van der Waals surface area contributed by atoms with Crippen molar-refractivity contribution in [3.05, 3.63) is 65.9 Å². The van der Waals surface area contributed by atoms with Gasteiger partial charge in [0, 0.05) is 83.6 Å². The number of fused-ring (bicyclic) bond motifs is 1. The lowest BCUT2D eigenvalue weighted by Gasteiger charge is -2.40. The predicted octanol–water partition coefficient (Wildman–Crippen LogP) is 3.12. The minimum Gasteiger partial charge on any atom is -0.371 e. The number of benzene rings is 1. The summed E-state index contributed by atoms with van der Waals surface area (Å²) in [7, 11) is 1.55. The first kappa shape index (κ1) is 34.7. The first-order valence-corrected chi connectivity index (χ1v) is 18.8. The second-order valence-electron chi connectivity index (χ2n) is 14.7. The average molecular weight is 719 g/mol. The van der Waals surface area contributed by atoms with Gasteiger partial charge in [0.05, 0.1) is 17.5 Å². The number of nitrogens with zero attached hydrogens (tertiary/aromatic N) is 9. The fraction of sp³-hybridized carbons (Fsp3) is 0.462. The van der Waals surface area contributed by atoms with Gasteiger partial charge >= 0.3 is 0 Å². The summed E-state index contributed by atoms with van der Waals surface area (Å²) < 4.78 is 1.92. The molecule has 4 saturated heterocycles. The van der Waals surface area contributed by atoms with Crippen molar-refractivity contribution in [1.82, 2.24) is 34.7 Å². The molecule has 4 aliphatic rings. The Morgan fingerprint density at radius 1 is 0.887 bits per heavy atom. The van der Waals surface area contributed by atoms with E-state index in [1.807, 2.05) is 28.9 Å². The maximum absolute atomic E-state index is 13.5. The minimum atomic E-state index is -0.753. The molecule has 276 valence electrons. The van der Waals surface area contributed by atoms with Gasteiger partial charge in [0.15, 0.2) is 11.9 Å². The monoisotopic (exact) mass is 718 g/mol. The Morgan fingerprint density at radius 2 is 1.66 bits per heavy atom. The minimum absolute atomic E-state index is 0.174. The molecule has 0 bridgehead atoms. The van der Waals surface area contributed by atoms with Crippen LogP contribution in [0, 0.1) is 5.92 Å². The maximum atomic E-state index is 13.5. The van der Waals surface area contributed by atoms with Gasteiger partial charge in [0.25, 0.3) is 5.91 Å². The second kappa shape index (κ2) is 14.9. The van der Waals surface area contributed by atoms with E-state index in [0.29, 0.717) is 12.2 Å². The van der Waals surface area contributed by atoms with Crippen LogP contribution >= 0.6 is 0 Å². The van der Waals surface area contributed by atoms with Gasteiger partial charge < -0.3 is 19.6 Å². The Bertz CT molecular complexity index is 2010. The zero-order valence-electron chi connectivity index (χ0n) is 30.2. The highest BCUT2D eigenvalue weighted by molar-refractivity contribution is 6.06. The molecule has 1 aromatic carbocycles. The highest BCUT2D eigenvalue weighted by atomic mass is 16.2. The van der Waals surface area contributed by atoms with Crippen LogP contribution in [0.2, 0.25) is 0 Å². The van der Waals surface area contributed by atoms with E-state index < -0.39 is 17.9 Å². The van der Waals surface area contributed by atoms with Crippen LogP contribution in [0.5, 0.6) is 0 Å². The Hall–Kier alpha value is -5.37. The number of imide groups is 1. The quantitative estimate of drug-likeness (QED) is 0.202. The van der Waals surface area contributed by atoms with E-state index in [1.54, 1.807) is 19.2 Å². The third-order valence-corrected chi connectivity index (χ3v) is 11.4. The number of hydrogen-bond donors (Lipinski definition) is 1. The molecule has 1 N–H and O–H groups in total. The van der Waals surface area contributed by atoms with Crippen LogP contribution in [0.1, 0.15) is 59.2 Å². The van der Waals surface area contributed by atoms with Crippen LogP contribution in [0.25, 0.3) is 17.0 Å². The predicted molar refractivity (Wildman–Crippen MR) is 201 cm³/mol. The molecule has 3 amide bonds. The fourth-order valence-corrected chi connectivity index (χ4v) is 8.21. The Balaban J connectivity index is 0.852. The van der Waals surface area contributed by atoms with Crippen LogP contribution in [0.15, 0.2) is 54.7 Å². The van der Waals surface area contributed by atoms with Crippen LogP contribution in [0.4, 0.5) is 17.3 Å². The molecular weight excluding hydrogens is 672 g/mol. The fourth-order valence-electron chi connectivity index (χ4n) is 8.21. The van der Waals surface area contributed by atoms with Crippen LogP contribution < -0.4 is 20.0 Å². The lowest BCUT2D eigenvalue weighted by molar-refractivity contribution is -0.136. The molecule has 1 unspecified atom stereocenters. The zero-order valence-corrected chi connectivity index (χ0v) is 30.2. The summed E-state index contributed by atoms with van der Waals surface area (Å²) in [6, 6.07) is 14.9. The van der Waals surface area contributed by atoms with Gasteiger partial charge in [-0.2, -0.15) is 0 Å². The molecule has 53 heavy (non-hydrogen) atoms. The first-order valence-electron chi connectivity index (χ1n) is 18.8. The number of likely N-dealkylation sites (N-methyl/N-ethyl adjacent to an activating group) is 1. The van der Waals surface area contributed by atoms with Gasteiger partial charge in [0.1, 0.15) is 23.4 Å². The van der Waals surface area contributed by atoms with Crippen molar-refractivity contribution in [1.29, 1.82) is 0 Å². The van der Waals surface area contributed by atoms with Crippen LogP contribution in [0.3, 0.4) is 0 Å². The van der Waals surface area contributed by atoms with E-state index in [9.17, 15) is 19.2 Å². The van der Waals surface area contributed by atoms with Crippen molar-refractivity contribution in [2.24, 2.45) is 5.92 Å². The Labute approximate surface area is 308 Å². The number of piperazine rings is 1. The number of aldehydes is 1. The number of amides is 3. The molecule has 0 aliphatic carbocycles. The number of imidazole rings is 1. The molecule has 3 aromatic heterocycles. The lowest BCUT2D eigenvalue weighted by atomic mass is 9.95. The molecule has 14 nitrogen and oxygen atoms in total. The van der Waals surface area contributed by atoms with Crippen molar-refractivity contribution in [2.75, 3.05) is 80.7 Å². The van der Waals surface area contributed by atoms with E-state index in [-0.39, 0.29) is 29.9 Å². The molecule has 0 radical (unpaired) electrons. The average Bonchev–Trinajstić information content (AvgIpc) is 3.89. The van der Waals surface area contributed by atoms with Crippen LogP contribution in [-0.2, 0) is 9.59 Å². The third kappa shape index (κ3) is 7.19. The standard InChI is InChI=1S/C39H46N10O4/c1-44(32-9-12-37(51)42-38(32)52)39(53)30-23-29(8-7-28(30)26-50)46-17-13-27(14-18-46)25-45-19-21-48(22-20-45)35-6-4-5-31(41-35)33-24-40-34-10-11-36(43-49(33)34)47-15-2-3-16-47/h4-8,10-11,23-24,26-27,32H,2-3,9,12-22,25H2,1H3,(H,42,51,52). The molecule has 0 saturated carbocycles. The Kier molecular flexibility index (Phi) is 9.78. The summed E-state index contributed by atoms with van der Waals surface area (Å²) in [5.74, 6) is 1.30. The smallest absolute Gasteiger partial charge is 0.255 e. The molecule has 1 atom stereocenters. The maximum Gasteiger partial charge on any atom is 0.255 e. The van der Waals surface area contributed by atoms with Gasteiger partial charge in [-0.1, -0.05) is 6.07 Å². The van der Waals surface area contributed by atoms with Gasteiger partial charge in [-0.05, 0) is 80.5 Å².